The average Bonchev–Trinajstić information content (AvgIpc) is 2.63. The molecule has 0 spiro atoms. The van der Waals surface area contributed by atoms with Crippen LogP contribution in [-0.2, 0) is 14.5 Å². The fourth-order valence-electron chi connectivity index (χ4n) is 2.43. The number of hydrogen-bond donors (Lipinski definition) is 4. The Kier molecular flexibility index (Phi) is 6.60. The van der Waals surface area contributed by atoms with E-state index in [-0.39, 0.29) is 38.0 Å². The molecule has 0 aromatic rings. The normalized spacial score (nSPS) is 28.8. The van der Waals surface area contributed by atoms with Crippen LogP contribution in [0, 0.1) is 5.92 Å². The van der Waals surface area contributed by atoms with E-state index in [9.17, 15) is 8.42 Å². The van der Waals surface area contributed by atoms with Gasteiger partial charge in [0.05, 0.1) is 6.61 Å². The zero-order valence-corrected chi connectivity index (χ0v) is 13.4. The molecule has 3 atom stereocenters. The van der Waals surface area contributed by atoms with Crippen molar-refractivity contribution >= 4 is 17.4 Å². The van der Waals surface area contributed by atoms with E-state index < -0.39 is 23.0 Å². The Morgan fingerprint density at radius 1 is 1.52 bits per heavy atom. The van der Waals surface area contributed by atoms with Crippen LogP contribution in [0.2, 0.25) is 6.32 Å². The van der Waals surface area contributed by atoms with Gasteiger partial charge in [0, 0.05) is 24.7 Å². The topological polar surface area (TPSA) is 139 Å². The van der Waals surface area contributed by atoms with Crippen LogP contribution in [0.3, 0.4) is 0 Å². The molecule has 21 heavy (non-hydrogen) atoms. The van der Waals surface area contributed by atoms with E-state index in [0.717, 1.165) is 0 Å². The Morgan fingerprint density at radius 2 is 2.14 bits per heavy atom. The van der Waals surface area contributed by atoms with Crippen molar-refractivity contribution in [1.29, 1.82) is 0 Å². The maximum atomic E-state index is 12.1. The van der Waals surface area contributed by atoms with Gasteiger partial charge in [-0.25, -0.2) is 0 Å². The highest BCUT2D eigenvalue weighted by atomic mass is 32.2. The Balaban J connectivity index is 2.60. The van der Waals surface area contributed by atoms with Gasteiger partial charge < -0.3 is 21.5 Å². The third-order valence-electron chi connectivity index (χ3n) is 3.68. The molecule has 0 aromatic carbocycles. The van der Waals surface area contributed by atoms with Gasteiger partial charge in [-0.05, 0) is 32.5 Å². The zero-order chi connectivity index (χ0) is 16.3. The number of nitrogens with two attached hydrogens (primary N) is 2. The zero-order valence-electron chi connectivity index (χ0n) is 12.6. The van der Waals surface area contributed by atoms with Crippen molar-refractivity contribution in [2.75, 3.05) is 19.7 Å². The summed E-state index contributed by atoms with van der Waals surface area (Å²) < 4.78 is 30.3. The van der Waals surface area contributed by atoms with E-state index in [2.05, 4.69) is 0 Å². The molecule has 1 aliphatic rings. The molecule has 0 saturated carbocycles. The van der Waals surface area contributed by atoms with Crippen molar-refractivity contribution in [1.82, 2.24) is 4.31 Å². The van der Waals surface area contributed by atoms with Gasteiger partial charge in [0.2, 0.25) is 0 Å². The minimum atomic E-state index is -3.83. The number of rotatable bonds is 8. The van der Waals surface area contributed by atoms with Crippen LogP contribution in [0.1, 0.15) is 26.7 Å². The smallest absolute Gasteiger partial charge is 0.427 e. The van der Waals surface area contributed by atoms with Gasteiger partial charge in [-0.2, -0.15) is 12.7 Å². The largest absolute Gasteiger partial charge is 0.451 e. The molecule has 0 aromatic heterocycles. The highest BCUT2D eigenvalue weighted by Crippen LogP contribution is 2.31. The number of nitrogens with zero attached hydrogens (tertiary/aromatic N) is 1. The van der Waals surface area contributed by atoms with Crippen LogP contribution in [-0.4, -0.2) is 61.2 Å². The molecule has 1 unspecified atom stereocenters. The van der Waals surface area contributed by atoms with E-state index in [1.807, 2.05) is 0 Å². The van der Waals surface area contributed by atoms with Crippen molar-refractivity contribution in [2.24, 2.45) is 17.4 Å². The lowest BCUT2D eigenvalue weighted by molar-refractivity contribution is 0.262. The van der Waals surface area contributed by atoms with Crippen molar-refractivity contribution in [3.05, 3.63) is 0 Å². The second-order valence-electron chi connectivity index (χ2n) is 6.13. The van der Waals surface area contributed by atoms with E-state index in [1.54, 1.807) is 13.8 Å². The molecule has 124 valence electrons. The molecule has 10 heteroatoms. The molecular weight excluding hydrogens is 297 g/mol. The van der Waals surface area contributed by atoms with E-state index in [1.165, 1.54) is 4.31 Å². The number of hydrogen-bond acceptors (Lipinski definition) is 7. The summed E-state index contributed by atoms with van der Waals surface area (Å²) >= 11 is 0. The maximum absolute atomic E-state index is 12.1. The Bertz CT molecular complexity index is 430. The van der Waals surface area contributed by atoms with Gasteiger partial charge in [-0.3, -0.25) is 4.18 Å². The standard InChI is InChI=1S/C11H26BN3O5S/c1-9(13)7-20-21(18,19)15-6-10(11(2,14)8-15)4-3-5-12(16)17/h9-10,16-17H,3-8,13-14H2,1-2H3/t9?,10-,11-/m0/s1. The maximum Gasteiger partial charge on any atom is 0.451 e. The summed E-state index contributed by atoms with van der Waals surface area (Å²) in [5.74, 6) is -0.0510. The van der Waals surface area contributed by atoms with Crippen molar-refractivity contribution in [3.63, 3.8) is 0 Å². The van der Waals surface area contributed by atoms with Crippen LogP contribution in [0.25, 0.3) is 0 Å². The Labute approximate surface area is 126 Å². The summed E-state index contributed by atoms with van der Waals surface area (Å²) in [6.07, 6.45) is 1.45. The van der Waals surface area contributed by atoms with Crippen LogP contribution in [0.5, 0.6) is 0 Å². The first-order chi connectivity index (χ1) is 9.54. The van der Waals surface area contributed by atoms with E-state index in [4.69, 9.17) is 25.7 Å². The van der Waals surface area contributed by atoms with Crippen LogP contribution >= 0.6 is 0 Å². The molecule has 0 amide bonds. The molecule has 1 fully saturated rings. The monoisotopic (exact) mass is 323 g/mol. The first-order valence-electron chi connectivity index (χ1n) is 7.09. The molecule has 0 aliphatic carbocycles. The molecule has 1 saturated heterocycles. The van der Waals surface area contributed by atoms with Gasteiger partial charge >= 0.3 is 17.4 Å². The third kappa shape index (κ3) is 5.82. The van der Waals surface area contributed by atoms with Gasteiger partial charge in [0.15, 0.2) is 0 Å². The minimum absolute atomic E-state index is 0.0510. The Morgan fingerprint density at radius 3 is 2.67 bits per heavy atom. The molecule has 1 aliphatic heterocycles. The fourth-order valence-corrected chi connectivity index (χ4v) is 3.77. The summed E-state index contributed by atoms with van der Waals surface area (Å²) in [5, 5.41) is 17.7. The van der Waals surface area contributed by atoms with Crippen LogP contribution < -0.4 is 11.5 Å². The molecule has 0 bridgehead atoms. The van der Waals surface area contributed by atoms with Crippen LogP contribution in [0.4, 0.5) is 0 Å². The van der Waals surface area contributed by atoms with Crippen molar-refractivity contribution in [2.45, 2.75) is 44.6 Å². The quantitative estimate of drug-likeness (QED) is 0.398. The van der Waals surface area contributed by atoms with Gasteiger partial charge in [0.1, 0.15) is 0 Å². The fraction of sp³-hybridized carbons (Fsp3) is 1.00. The minimum Gasteiger partial charge on any atom is -0.427 e. The average molecular weight is 323 g/mol. The lowest BCUT2D eigenvalue weighted by Gasteiger charge is -2.25. The lowest BCUT2D eigenvalue weighted by atomic mass is 9.79. The molecule has 1 rings (SSSR count). The Hall–Kier alpha value is -0.225. The summed E-state index contributed by atoms with van der Waals surface area (Å²) in [6.45, 7) is 3.85. The summed E-state index contributed by atoms with van der Waals surface area (Å²) in [4.78, 5) is 0. The first kappa shape index (κ1) is 18.8. The van der Waals surface area contributed by atoms with Crippen molar-refractivity contribution < 1.29 is 22.6 Å². The summed E-state index contributed by atoms with van der Waals surface area (Å²) in [6, 6.07) is -0.367. The highest BCUT2D eigenvalue weighted by Gasteiger charge is 2.44. The van der Waals surface area contributed by atoms with Gasteiger partial charge in [-0.1, -0.05) is 6.42 Å². The lowest BCUT2D eigenvalue weighted by Crippen LogP contribution is -2.45. The van der Waals surface area contributed by atoms with Gasteiger partial charge in [-0.15, -0.1) is 0 Å². The van der Waals surface area contributed by atoms with Gasteiger partial charge in [0.25, 0.3) is 0 Å². The van der Waals surface area contributed by atoms with E-state index >= 15 is 0 Å². The molecular formula is C11H26BN3O5S. The van der Waals surface area contributed by atoms with Crippen LogP contribution in [0.15, 0.2) is 0 Å². The third-order valence-corrected chi connectivity index (χ3v) is 5.03. The summed E-state index contributed by atoms with van der Waals surface area (Å²) in [7, 11) is -5.17. The predicted octanol–water partition coefficient (Wildman–Crippen LogP) is -1.50. The van der Waals surface area contributed by atoms with E-state index in [0.29, 0.717) is 12.8 Å². The second kappa shape index (κ2) is 7.36. The van der Waals surface area contributed by atoms with Crippen molar-refractivity contribution in [3.8, 4) is 0 Å². The molecule has 0 radical (unpaired) electrons. The molecule has 6 N–H and O–H groups in total. The first-order valence-corrected chi connectivity index (χ1v) is 8.46. The second-order valence-corrected chi connectivity index (χ2v) is 7.73. The molecule has 1 heterocycles. The molecule has 8 nitrogen and oxygen atoms in total. The summed E-state index contributed by atoms with van der Waals surface area (Å²) in [5.41, 5.74) is 11.0. The predicted molar refractivity (Wildman–Crippen MR) is 80.4 cm³/mol. The SMILES string of the molecule is CC(N)COS(=O)(=O)N1C[C@H](CCCB(O)O)[C@@](C)(N)C1. The highest BCUT2D eigenvalue weighted by molar-refractivity contribution is 7.84.